The van der Waals surface area contributed by atoms with Gasteiger partial charge in [-0.2, -0.15) is 18.3 Å². The maximum absolute atomic E-state index is 11.4. The highest BCUT2D eigenvalue weighted by molar-refractivity contribution is 6.29. The fourth-order valence-electron chi connectivity index (χ4n) is 0.241. The SMILES string of the molecule is CN(C)/N=C/C(=O)C(F)(F)F. The quantitative estimate of drug-likeness (QED) is 0.448. The molecule has 0 aliphatic rings. The number of rotatable bonds is 2. The molecular formula is C5H7F3N2O. The molecule has 0 radical (unpaired) electrons. The molecule has 0 atom stereocenters. The number of carbonyl (C=O) groups excluding carboxylic acids is 1. The molecule has 0 aliphatic carbocycles. The molecule has 0 N–H and O–H groups in total. The lowest BCUT2D eigenvalue weighted by Gasteiger charge is -2.03. The minimum Gasteiger partial charge on any atom is -0.303 e. The van der Waals surface area contributed by atoms with Gasteiger partial charge in [0, 0.05) is 14.1 Å². The monoisotopic (exact) mass is 168 g/mol. The Hall–Kier alpha value is -1.07. The smallest absolute Gasteiger partial charge is 0.303 e. The summed E-state index contributed by atoms with van der Waals surface area (Å²) >= 11 is 0. The average molecular weight is 168 g/mol. The zero-order valence-corrected chi connectivity index (χ0v) is 6.01. The first kappa shape index (κ1) is 9.93. The van der Waals surface area contributed by atoms with Gasteiger partial charge in [0.15, 0.2) is 0 Å². The lowest BCUT2D eigenvalue weighted by atomic mass is 10.4. The lowest BCUT2D eigenvalue weighted by Crippen LogP contribution is -2.24. The van der Waals surface area contributed by atoms with E-state index in [0.29, 0.717) is 0 Å². The summed E-state index contributed by atoms with van der Waals surface area (Å²) in [5.41, 5.74) is 0. The van der Waals surface area contributed by atoms with Gasteiger partial charge in [-0.1, -0.05) is 0 Å². The Morgan fingerprint density at radius 3 is 2.18 bits per heavy atom. The van der Waals surface area contributed by atoms with Gasteiger partial charge in [-0.25, -0.2) is 0 Å². The fraction of sp³-hybridized carbons (Fsp3) is 0.600. The van der Waals surface area contributed by atoms with Gasteiger partial charge in [0.05, 0.1) is 6.21 Å². The van der Waals surface area contributed by atoms with Crippen molar-refractivity contribution in [1.29, 1.82) is 0 Å². The molecule has 0 amide bonds. The van der Waals surface area contributed by atoms with Crippen molar-refractivity contribution in [3.8, 4) is 0 Å². The van der Waals surface area contributed by atoms with E-state index in [1.165, 1.54) is 14.1 Å². The van der Waals surface area contributed by atoms with Crippen LogP contribution >= 0.6 is 0 Å². The van der Waals surface area contributed by atoms with E-state index in [0.717, 1.165) is 5.01 Å². The molecular weight excluding hydrogens is 161 g/mol. The van der Waals surface area contributed by atoms with Crippen molar-refractivity contribution >= 4 is 12.0 Å². The molecule has 0 saturated carbocycles. The number of alkyl halides is 3. The second kappa shape index (κ2) is 3.36. The van der Waals surface area contributed by atoms with Gasteiger partial charge in [-0.15, -0.1) is 0 Å². The summed E-state index contributed by atoms with van der Waals surface area (Å²) in [5.74, 6) is -1.95. The van der Waals surface area contributed by atoms with Gasteiger partial charge in [0.25, 0.3) is 5.78 Å². The maximum atomic E-state index is 11.4. The van der Waals surface area contributed by atoms with Crippen LogP contribution in [0.15, 0.2) is 5.10 Å². The van der Waals surface area contributed by atoms with E-state index in [-0.39, 0.29) is 6.21 Å². The van der Waals surface area contributed by atoms with Gasteiger partial charge in [-0.05, 0) is 0 Å². The number of hydrogen-bond donors (Lipinski definition) is 0. The van der Waals surface area contributed by atoms with Crippen molar-refractivity contribution < 1.29 is 18.0 Å². The summed E-state index contributed by atoms with van der Waals surface area (Å²) < 4.78 is 34.3. The second-order valence-electron chi connectivity index (χ2n) is 1.95. The van der Waals surface area contributed by atoms with Gasteiger partial charge < -0.3 is 5.01 Å². The average Bonchev–Trinajstić information content (AvgIpc) is 1.80. The van der Waals surface area contributed by atoms with Crippen LogP contribution in [0.3, 0.4) is 0 Å². The van der Waals surface area contributed by atoms with E-state index in [2.05, 4.69) is 5.10 Å². The zero-order valence-electron chi connectivity index (χ0n) is 6.01. The third-order valence-electron chi connectivity index (χ3n) is 0.685. The van der Waals surface area contributed by atoms with Gasteiger partial charge in [0.1, 0.15) is 0 Å². The number of carbonyl (C=O) groups is 1. The highest BCUT2D eigenvalue weighted by Crippen LogP contribution is 2.14. The molecule has 3 nitrogen and oxygen atoms in total. The molecule has 11 heavy (non-hydrogen) atoms. The molecule has 0 unspecified atom stereocenters. The minimum atomic E-state index is -4.82. The van der Waals surface area contributed by atoms with E-state index >= 15 is 0 Å². The van der Waals surface area contributed by atoms with Gasteiger partial charge >= 0.3 is 6.18 Å². The van der Waals surface area contributed by atoms with Crippen LogP contribution in [0.2, 0.25) is 0 Å². The Balaban J connectivity index is 4.09. The third-order valence-corrected chi connectivity index (χ3v) is 0.685. The van der Waals surface area contributed by atoms with Crippen molar-refractivity contribution in [3.63, 3.8) is 0 Å². The molecule has 0 heterocycles. The molecule has 0 aromatic rings. The summed E-state index contributed by atoms with van der Waals surface area (Å²) in [5, 5.41) is 4.23. The van der Waals surface area contributed by atoms with Crippen LogP contribution in [0, 0.1) is 0 Å². The number of nitrogens with zero attached hydrogens (tertiary/aromatic N) is 2. The second-order valence-corrected chi connectivity index (χ2v) is 1.95. The Morgan fingerprint density at radius 1 is 1.45 bits per heavy atom. The molecule has 0 saturated heterocycles. The summed E-state index contributed by atoms with van der Waals surface area (Å²) in [7, 11) is 2.83. The predicted molar refractivity (Wildman–Crippen MR) is 33.2 cm³/mol. The van der Waals surface area contributed by atoms with E-state index < -0.39 is 12.0 Å². The van der Waals surface area contributed by atoms with Crippen LogP contribution in [-0.2, 0) is 4.79 Å². The molecule has 0 rings (SSSR count). The van der Waals surface area contributed by atoms with Crippen LogP contribution in [0.5, 0.6) is 0 Å². The van der Waals surface area contributed by atoms with Gasteiger partial charge in [0.2, 0.25) is 0 Å². The van der Waals surface area contributed by atoms with Crippen molar-refractivity contribution in [3.05, 3.63) is 0 Å². The molecule has 0 aliphatic heterocycles. The molecule has 6 heteroatoms. The molecule has 0 bridgehead atoms. The number of Topliss-reactive ketones (excluding diaryl/α,β-unsaturated/α-hetero) is 1. The topological polar surface area (TPSA) is 32.7 Å². The molecule has 64 valence electrons. The molecule has 0 aromatic carbocycles. The molecule has 0 spiro atoms. The number of ketones is 1. The summed E-state index contributed by atoms with van der Waals surface area (Å²) in [6, 6.07) is 0. The van der Waals surface area contributed by atoms with E-state index in [4.69, 9.17) is 0 Å². The van der Waals surface area contributed by atoms with Crippen molar-refractivity contribution in [2.24, 2.45) is 5.10 Å². The normalized spacial score (nSPS) is 12.1. The molecule has 0 fully saturated rings. The largest absolute Gasteiger partial charge is 0.455 e. The minimum absolute atomic E-state index is 0.236. The van der Waals surface area contributed by atoms with Crippen molar-refractivity contribution in [2.75, 3.05) is 14.1 Å². The maximum Gasteiger partial charge on any atom is 0.455 e. The van der Waals surface area contributed by atoms with E-state index in [9.17, 15) is 18.0 Å². The van der Waals surface area contributed by atoms with Crippen LogP contribution < -0.4 is 0 Å². The highest BCUT2D eigenvalue weighted by Gasteiger charge is 2.36. The predicted octanol–water partition coefficient (Wildman–Crippen LogP) is 0.665. The highest BCUT2D eigenvalue weighted by atomic mass is 19.4. The van der Waals surface area contributed by atoms with Crippen LogP contribution in [0.1, 0.15) is 0 Å². The van der Waals surface area contributed by atoms with Crippen molar-refractivity contribution in [2.45, 2.75) is 6.18 Å². The van der Waals surface area contributed by atoms with Crippen LogP contribution in [-0.4, -0.2) is 37.3 Å². The van der Waals surface area contributed by atoms with Crippen molar-refractivity contribution in [1.82, 2.24) is 5.01 Å². The first-order chi connectivity index (χ1) is 4.84. The third kappa shape index (κ3) is 4.35. The van der Waals surface area contributed by atoms with Gasteiger partial charge in [-0.3, -0.25) is 4.79 Å². The van der Waals surface area contributed by atoms with E-state index in [1.807, 2.05) is 0 Å². The standard InChI is InChI=1S/C5H7F3N2O/c1-10(2)9-3-4(11)5(6,7)8/h3H,1-2H3/b9-3+. The van der Waals surface area contributed by atoms with Crippen LogP contribution in [0.4, 0.5) is 13.2 Å². The number of hydrogen-bond acceptors (Lipinski definition) is 3. The van der Waals surface area contributed by atoms with E-state index in [1.54, 1.807) is 0 Å². The first-order valence-electron chi connectivity index (χ1n) is 2.66. The summed E-state index contributed by atoms with van der Waals surface area (Å²) in [6.07, 6.45) is -4.58. The lowest BCUT2D eigenvalue weighted by molar-refractivity contribution is -0.162. The van der Waals surface area contributed by atoms with Crippen LogP contribution in [0.25, 0.3) is 0 Å². The zero-order chi connectivity index (χ0) is 9.07. The Morgan fingerprint density at radius 2 is 1.91 bits per heavy atom. The number of halogens is 3. The summed E-state index contributed by atoms with van der Waals surface area (Å²) in [6.45, 7) is 0. The number of hydrazone groups is 1. The fourth-order valence-corrected chi connectivity index (χ4v) is 0.241. The Labute approximate surface area is 61.5 Å². The first-order valence-corrected chi connectivity index (χ1v) is 2.66. The molecule has 0 aromatic heterocycles. The Kier molecular flexibility index (Phi) is 3.03. The Bertz CT molecular complexity index is 173. The summed E-state index contributed by atoms with van der Waals surface area (Å²) in [4.78, 5) is 10.1.